The molecule has 0 saturated carbocycles. The van der Waals surface area contributed by atoms with Crippen molar-refractivity contribution >= 4 is 6.08 Å². The first-order valence-electron chi connectivity index (χ1n) is 9.58. The van der Waals surface area contributed by atoms with Gasteiger partial charge in [0, 0.05) is 25.2 Å². The lowest BCUT2D eigenvalue weighted by Gasteiger charge is -2.39. The second kappa shape index (κ2) is 7.37. The smallest absolute Gasteiger partial charge is 0.127 e. The number of likely N-dealkylation sites (tertiary alicyclic amines) is 1. The maximum Gasteiger partial charge on any atom is 0.127 e. The molecule has 2 aliphatic heterocycles. The molecule has 0 atom stereocenters. The van der Waals surface area contributed by atoms with Gasteiger partial charge in [-0.3, -0.25) is 4.90 Å². The Morgan fingerprint density at radius 3 is 2.56 bits per heavy atom. The number of hydrogen-bond acceptors (Lipinski definition) is 4. The predicted molar refractivity (Wildman–Crippen MR) is 107 cm³/mol. The molecule has 0 unspecified atom stereocenters. The molecule has 1 fully saturated rings. The van der Waals surface area contributed by atoms with Gasteiger partial charge in [-0.15, -0.1) is 0 Å². The molecule has 4 heteroatoms. The normalized spacial score (nSPS) is 19.0. The van der Waals surface area contributed by atoms with Gasteiger partial charge in [0.25, 0.3) is 0 Å². The van der Waals surface area contributed by atoms with E-state index in [1.54, 1.807) is 7.11 Å². The number of rotatable bonds is 4. The van der Waals surface area contributed by atoms with Crippen molar-refractivity contribution in [3.05, 3.63) is 64.7 Å². The number of hydrogen-bond donors (Lipinski definition) is 1. The SMILES string of the molecule is COc1ccc2c(c1)C=C(CN1CCC(O)(c3ccc(C)cc3)CC1)CO2. The van der Waals surface area contributed by atoms with Gasteiger partial charge in [-0.2, -0.15) is 0 Å². The Balaban J connectivity index is 1.40. The molecule has 2 aromatic rings. The number of ether oxygens (including phenoxy) is 2. The maximum atomic E-state index is 11.1. The fourth-order valence-corrected chi connectivity index (χ4v) is 3.94. The van der Waals surface area contributed by atoms with Gasteiger partial charge in [0.15, 0.2) is 0 Å². The molecule has 0 spiro atoms. The van der Waals surface area contributed by atoms with E-state index in [1.807, 2.05) is 18.2 Å². The highest BCUT2D eigenvalue weighted by Gasteiger charge is 2.34. The first-order valence-corrected chi connectivity index (χ1v) is 9.58. The summed E-state index contributed by atoms with van der Waals surface area (Å²) >= 11 is 0. The molecule has 4 nitrogen and oxygen atoms in total. The molecule has 0 aliphatic carbocycles. The van der Waals surface area contributed by atoms with E-state index in [2.05, 4.69) is 42.2 Å². The van der Waals surface area contributed by atoms with Crippen molar-refractivity contribution in [2.45, 2.75) is 25.4 Å². The van der Waals surface area contributed by atoms with E-state index < -0.39 is 5.60 Å². The molecule has 1 saturated heterocycles. The minimum absolute atomic E-state index is 0.623. The first-order chi connectivity index (χ1) is 13.1. The maximum absolute atomic E-state index is 11.1. The standard InChI is InChI=1S/C23H27NO3/c1-17-3-5-20(6-4-17)23(25)9-11-24(12-10-23)15-18-13-19-14-21(26-2)7-8-22(19)27-16-18/h3-8,13-14,25H,9-12,15-16H2,1-2H3. The lowest BCUT2D eigenvalue weighted by atomic mass is 9.84. The number of fused-ring (bicyclic) bond motifs is 1. The van der Waals surface area contributed by atoms with Crippen LogP contribution >= 0.6 is 0 Å². The number of aliphatic hydroxyl groups is 1. The quantitative estimate of drug-likeness (QED) is 0.896. The van der Waals surface area contributed by atoms with Gasteiger partial charge in [0.2, 0.25) is 0 Å². The summed E-state index contributed by atoms with van der Waals surface area (Å²) in [7, 11) is 1.68. The van der Waals surface area contributed by atoms with Crippen LogP contribution in [0.1, 0.15) is 29.5 Å². The van der Waals surface area contributed by atoms with E-state index >= 15 is 0 Å². The highest BCUT2D eigenvalue weighted by molar-refractivity contribution is 5.64. The molecular weight excluding hydrogens is 338 g/mol. The number of aryl methyl sites for hydroxylation is 1. The van der Waals surface area contributed by atoms with E-state index in [4.69, 9.17) is 9.47 Å². The second-order valence-corrected chi connectivity index (χ2v) is 7.67. The van der Waals surface area contributed by atoms with Crippen LogP contribution in [0.25, 0.3) is 6.08 Å². The third kappa shape index (κ3) is 3.87. The Morgan fingerprint density at radius 1 is 1.11 bits per heavy atom. The van der Waals surface area contributed by atoms with Crippen molar-refractivity contribution in [1.29, 1.82) is 0 Å². The van der Waals surface area contributed by atoms with Crippen LogP contribution in [-0.2, 0) is 5.60 Å². The third-order valence-corrected chi connectivity index (χ3v) is 5.69. The van der Waals surface area contributed by atoms with Gasteiger partial charge >= 0.3 is 0 Å². The molecule has 0 bridgehead atoms. The average Bonchev–Trinajstić information content (AvgIpc) is 2.70. The van der Waals surface area contributed by atoms with Crippen molar-refractivity contribution in [3.63, 3.8) is 0 Å². The van der Waals surface area contributed by atoms with Gasteiger partial charge in [0.05, 0.1) is 12.7 Å². The summed E-state index contributed by atoms with van der Waals surface area (Å²) in [5, 5.41) is 11.1. The number of methoxy groups -OCH3 is 1. The molecule has 142 valence electrons. The van der Waals surface area contributed by atoms with E-state index in [0.29, 0.717) is 6.61 Å². The Morgan fingerprint density at radius 2 is 1.85 bits per heavy atom. The molecule has 2 heterocycles. The third-order valence-electron chi connectivity index (χ3n) is 5.69. The summed E-state index contributed by atoms with van der Waals surface area (Å²) < 4.78 is 11.2. The Hall–Kier alpha value is -2.30. The van der Waals surface area contributed by atoms with E-state index in [-0.39, 0.29) is 0 Å². The summed E-state index contributed by atoms with van der Waals surface area (Å²) in [6.07, 6.45) is 3.73. The van der Waals surface area contributed by atoms with E-state index in [1.165, 1.54) is 11.1 Å². The van der Waals surface area contributed by atoms with Crippen molar-refractivity contribution in [2.75, 3.05) is 33.4 Å². The van der Waals surface area contributed by atoms with Crippen LogP contribution in [0.4, 0.5) is 0 Å². The zero-order valence-electron chi connectivity index (χ0n) is 16.1. The molecule has 27 heavy (non-hydrogen) atoms. The fraction of sp³-hybridized carbons (Fsp3) is 0.391. The zero-order chi connectivity index (χ0) is 18.9. The lowest BCUT2D eigenvalue weighted by molar-refractivity contribution is -0.0241. The highest BCUT2D eigenvalue weighted by Crippen LogP contribution is 2.34. The molecule has 4 rings (SSSR count). The zero-order valence-corrected chi connectivity index (χ0v) is 16.1. The van der Waals surface area contributed by atoms with Crippen LogP contribution in [0.5, 0.6) is 11.5 Å². The number of nitrogens with zero attached hydrogens (tertiary/aromatic N) is 1. The minimum atomic E-state index is -0.707. The predicted octanol–water partition coefficient (Wildman–Crippen LogP) is 3.76. The van der Waals surface area contributed by atoms with Gasteiger partial charge in [-0.25, -0.2) is 0 Å². The van der Waals surface area contributed by atoms with Crippen LogP contribution in [0.15, 0.2) is 48.0 Å². The van der Waals surface area contributed by atoms with Crippen molar-refractivity contribution in [1.82, 2.24) is 4.90 Å². The van der Waals surface area contributed by atoms with E-state index in [0.717, 1.165) is 55.1 Å². The van der Waals surface area contributed by atoms with Crippen molar-refractivity contribution < 1.29 is 14.6 Å². The molecular formula is C23H27NO3. The van der Waals surface area contributed by atoms with Crippen molar-refractivity contribution in [2.24, 2.45) is 0 Å². The fourth-order valence-electron chi connectivity index (χ4n) is 3.94. The van der Waals surface area contributed by atoms with Crippen LogP contribution in [0, 0.1) is 6.92 Å². The highest BCUT2D eigenvalue weighted by atomic mass is 16.5. The van der Waals surface area contributed by atoms with Crippen LogP contribution < -0.4 is 9.47 Å². The van der Waals surface area contributed by atoms with Crippen molar-refractivity contribution in [3.8, 4) is 11.5 Å². The Bertz CT molecular complexity index is 833. The lowest BCUT2D eigenvalue weighted by Crippen LogP contribution is -2.43. The monoisotopic (exact) mass is 365 g/mol. The van der Waals surface area contributed by atoms with Crippen LogP contribution in [-0.4, -0.2) is 43.4 Å². The summed E-state index contributed by atoms with van der Waals surface area (Å²) in [6, 6.07) is 14.2. The van der Waals surface area contributed by atoms with Crippen LogP contribution in [0.3, 0.4) is 0 Å². The minimum Gasteiger partial charge on any atom is -0.497 e. The Labute approximate surface area is 161 Å². The molecule has 0 aromatic heterocycles. The van der Waals surface area contributed by atoms with Gasteiger partial charge in [-0.1, -0.05) is 29.8 Å². The van der Waals surface area contributed by atoms with Gasteiger partial charge in [0.1, 0.15) is 18.1 Å². The van der Waals surface area contributed by atoms with Gasteiger partial charge in [-0.05, 0) is 55.2 Å². The average molecular weight is 365 g/mol. The number of benzene rings is 2. The summed E-state index contributed by atoms with van der Waals surface area (Å²) in [5.74, 6) is 1.75. The Kier molecular flexibility index (Phi) is 4.94. The molecule has 2 aromatic carbocycles. The second-order valence-electron chi connectivity index (χ2n) is 7.67. The summed E-state index contributed by atoms with van der Waals surface area (Å²) in [6.45, 7) is 5.34. The molecule has 0 radical (unpaired) electrons. The largest absolute Gasteiger partial charge is 0.497 e. The summed E-state index contributed by atoms with van der Waals surface area (Å²) in [5.41, 5.74) is 3.89. The van der Waals surface area contributed by atoms with Gasteiger partial charge < -0.3 is 14.6 Å². The topological polar surface area (TPSA) is 41.9 Å². The molecule has 0 amide bonds. The summed E-state index contributed by atoms with van der Waals surface area (Å²) in [4.78, 5) is 2.41. The van der Waals surface area contributed by atoms with E-state index in [9.17, 15) is 5.11 Å². The molecule has 2 aliphatic rings. The molecule has 1 N–H and O–H groups in total. The number of piperidine rings is 1. The van der Waals surface area contributed by atoms with Crippen LogP contribution in [0.2, 0.25) is 0 Å². The first kappa shape index (κ1) is 18.1.